The lowest BCUT2D eigenvalue weighted by Gasteiger charge is -2.12. The Morgan fingerprint density at radius 1 is 1.19 bits per heavy atom. The van der Waals surface area contributed by atoms with Crippen molar-refractivity contribution in [2.24, 2.45) is 4.99 Å². The largest absolute Gasteiger partial charge is 0.352 e. The fraction of sp³-hybridized carbons (Fsp3) is 0.158. The summed E-state index contributed by atoms with van der Waals surface area (Å²) in [6.45, 7) is 0.423. The van der Waals surface area contributed by atoms with Crippen molar-refractivity contribution >= 4 is 41.5 Å². The highest BCUT2D eigenvalue weighted by Crippen LogP contribution is 2.09. The van der Waals surface area contributed by atoms with Gasteiger partial charge in [0.05, 0.1) is 6.54 Å². The normalized spacial score (nSPS) is 10.3. The van der Waals surface area contributed by atoms with Crippen LogP contribution in [0.3, 0.4) is 0 Å². The Morgan fingerprint density at radius 3 is 2.65 bits per heavy atom. The monoisotopic (exact) mass is 466 g/mol. The minimum Gasteiger partial charge on any atom is -0.352 e. The first kappa shape index (κ1) is 21.4. The molecule has 0 unspecified atom stereocenters. The molecule has 0 aliphatic heterocycles. The average molecular weight is 466 g/mol. The molecular weight excluding hydrogens is 446 g/mol. The smallest absolute Gasteiger partial charge is 0.243 e. The summed E-state index contributed by atoms with van der Waals surface area (Å²) < 4.78 is 13.1. The fourth-order valence-electron chi connectivity index (χ4n) is 2.11. The van der Waals surface area contributed by atoms with Crippen LogP contribution in [0.5, 0.6) is 0 Å². The average Bonchev–Trinajstić information content (AvgIpc) is 2.62. The van der Waals surface area contributed by atoms with E-state index < -0.39 is 0 Å². The first-order valence-electron chi connectivity index (χ1n) is 7.66. The van der Waals surface area contributed by atoms with Gasteiger partial charge in [0.25, 0.3) is 0 Å². The fourth-order valence-corrected chi connectivity index (χ4v) is 2.11. The lowest BCUT2D eigenvalue weighted by molar-refractivity contribution is -0.115. The van der Waals surface area contributed by atoms with E-state index in [1.54, 1.807) is 43.4 Å². The van der Waals surface area contributed by atoms with E-state index in [4.69, 9.17) is 6.42 Å². The van der Waals surface area contributed by atoms with E-state index in [0.717, 1.165) is 5.56 Å². The number of amides is 1. The maximum absolute atomic E-state index is 13.1. The van der Waals surface area contributed by atoms with E-state index in [0.29, 0.717) is 23.8 Å². The maximum atomic E-state index is 13.1. The number of aliphatic imine (C=N–C) groups is 1. The van der Waals surface area contributed by atoms with E-state index >= 15 is 0 Å². The lowest BCUT2D eigenvalue weighted by Crippen LogP contribution is -2.41. The summed E-state index contributed by atoms with van der Waals surface area (Å²) in [5.74, 6) is 2.43. The highest BCUT2D eigenvalue weighted by Gasteiger charge is 2.05. The number of hydrogen-bond donors (Lipinski definition) is 3. The Kier molecular flexibility index (Phi) is 9.15. The molecule has 3 N–H and O–H groups in total. The number of guanidine groups is 1. The number of nitrogens with zero attached hydrogens (tertiary/aromatic N) is 1. The maximum Gasteiger partial charge on any atom is 0.243 e. The quantitative estimate of drug-likeness (QED) is 0.275. The van der Waals surface area contributed by atoms with Gasteiger partial charge in [-0.15, -0.1) is 30.4 Å². The molecule has 5 nitrogen and oxygen atoms in total. The number of hydrogen-bond acceptors (Lipinski definition) is 2. The molecule has 1 amide bonds. The Bertz CT molecular complexity index is 817. The van der Waals surface area contributed by atoms with Crippen LogP contribution in [0.15, 0.2) is 53.5 Å². The standard InChI is InChI=1S/C19H19FN4O.HI/c1-3-14-6-5-9-17(11-14)24-18(25)13-23-19(21-2)22-12-15-7-4-8-16(20)10-15;/h1,4-11H,12-13H2,2H3,(H,24,25)(H2,21,22,23);1H. The summed E-state index contributed by atoms with van der Waals surface area (Å²) >= 11 is 0. The third kappa shape index (κ3) is 7.11. The topological polar surface area (TPSA) is 65.5 Å². The van der Waals surface area contributed by atoms with Crippen molar-refractivity contribution in [1.82, 2.24) is 10.6 Å². The van der Waals surface area contributed by atoms with Gasteiger partial charge in [0.1, 0.15) is 5.82 Å². The van der Waals surface area contributed by atoms with E-state index in [-0.39, 0.29) is 42.2 Å². The summed E-state index contributed by atoms with van der Waals surface area (Å²) in [6, 6.07) is 13.3. The predicted octanol–water partition coefficient (Wildman–Crippen LogP) is 2.73. The van der Waals surface area contributed by atoms with Crippen molar-refractivity contribution in [3.05, 3.63) is 65.5 Å². The number of benzene rings is 2. The minimum absolute atomic E-state index is 0. The predicted molar refractivity (Wildman–Crippen MR) is 113 cm³/mol. The van der Waals surface area contributed by atoms with Gasteiger partial charge in [-0.3, -0.25) is 9.79 Å². The second-order valence-corrected chi connectivity index (χ2v) is 5.18. The summed E-state index contributed by atoms with van der Waals surface area (Å²) in [7, 11) is 1.59. The van der Waals surface area contributed by atoms with Crippen LogP contribution in [0.25, 0.3) is 0 Å². The second-order valence-electron chi connectivity index (χ2n) is 5.18. The molecule has 0 aliphatic rings. The molecule has 0 fully saturated rings. The van der Waals surface area contributed by atoms with Crippen LogP contribution < -0.4 is 16.0 Å². The highest BCUT2D eigenvalue weighted by molar-refractivity contribution is 14.0. The van der Waals surface area contributed by atoms with Crippen molar-refractivity contribution in [2.45, 2.75) is 6.54 Å². The molecule has 0 aliphatic carbocycles. The minimum atomic E-state index is -0.296. The molecule has 7 heteroatoms. The molecule has 0 atom stereocenters. The zero-order valence-electron chi connectivity index (χ0n) is 14.3. The van der Waals surface area contributed by atoms with Gasteiger partial charge in [0.2, 0.25) is 5.91 Å². The molecule has 0 bridgehead atoms. The second kappa shape index (κ2) is 11.1. The Labute approximate surface area is 169 Å². The van der Waals surface area contributed by atoms with Crippen molar-refractivity contribution in [3.8, 4) is 12.3 Å². The van der Waals surface area contributed by atoms with Crippen molar-refractivity contribution in [1.29, 1.82) is 0 Å². The van der Waals surface area contributed by atoms with E-state index in [1.807, 2.05) is 0 Å². The summed E-state index contributed by atoms with van der Waals surface area (Å²) in [6.07, 6.45) is 5.33. The van der Waals surface area contributed by atoms with Crippen molar-refractivity contribution < 1.29 is 9.18 Å². The van der Waals surface area contributed by atoms with Crippen LogP contribution in [-0.4, -0.2) is 25.5 Å². The van der Waals surface area contributed by atoms with Crippen molar-refractivity contribution in [2.75, 3.05) is 18.9 Å². The van der Waals surface area contributed by atoms with Gasteiger partial charge in [-0.05, 0) is 35.9 Å². The summed E-state index contributed by atoms with van der Waals surface area (Å²) in [5.41, 5.74) is 2.10. The van der Waals surface area contributed by atoms with Gasteiger partial charge < -0.3 is 16.0 Å². The zero-order valence-corrected chi connectivity index (χ0v) is 16.6. The first-order chi connectivity index (χ1) is 12.1. The molecule has 2 aromatic carbocycles. The number of rotatable bonds is 5. The third-order valence-corrected chi connectivity index (χ3v) is 3.30. The molecule has 26 heavy (non-hydrogen) atoms. The molecular formula is C19H20FIN4O. The number of halogens is 2. The van der Waals surface area contributed by atoms with Crippen LogP contribution in [0.4, 0.5) is 10.1 Å². The number of nitrogens with one attached hydrogen (secondary N) is 3. The molecule has 2 aromatic rings. The SMILES string of the molecule is C#Cc1cccc(NC(=O)CNC(=NC)NCc2cccc(F)c2)c1.I. The Balaban J connectivity index is 0.00000338. The summed E-state index contributed by atoms with van der Waals surface area (Å²) in [4.78, 5) is 16.0. The Hall–Kier alpha value is -2.60. The van der Waals surface area contributed by atoms with Gasteiger partial charge >= 0.3 is 0 Å². The van der Waals surface area contributed by atoms with Gasteiger partial charge in [0, 0.05) is 24.8 Å². The third-order valence-electron chi connectivity index (χ3n) is 3.30. The van der Waals surface area contributed by atoms with E-state index in [1.165, 1.54) is 12.1 Å². The molecule has 0 spiro atoms. The van der Waals surface area contributed by atoms with Gasteiger partial charge in [-0.1, -0.05) is 24.1 Å². The molecule has 0 heterocycles. The molecule has 0 aromatic heterocycles. The van der Waals surface area contributed by atoms with Gasteiger partial charge in [0.15, 0.2) is 5.96 Å². The van der Waals surface area contributed by atoms with E-state index in [2.05, 4.69) is 26.9 Å². The Morgan fingerprint density at radius 2 is 1.96 bits per heavy atom. The van der Waals surface area contributed by atoms with Gasteiger partial charge in [-0.2, -0.15) is 0 Å². The van der Waals surface area contributed by atoms with Gasteiger partial charge in [-0.25, -0.2) is 4.39 Å². The number of carbonyl (C=O) groups is 1. The van der Waals surface area contributed by atoms with Crippen LogP contribution in [0.2, 0.25) is 0 Å². The molecule has 136 valence electrons. The van der Waals surface area contributed by atoms with Crippen molar-refractivity contribution in [3.63, 3.8) is 0 Å². The zero-order chi connectivity index (χ0) is 18.1. The van der Waals surface area contributed by atoms with E-state index in [9.17, 15) is 9.18 Å². The van der Waals surface area contributed by atoms with Crippen LogP contribution in [0.1, 0.15) is 11.1 Å². The number of terminal acetylenes is 1. The molecule has 0 radical (unpaired) electrons. The first-order valence-corrected chi connectivity index (χ1v) is 7.66. The molecule has 0 saturated heterocycles. The molecule has 0 saturated carbocycles. The lowest BCUT2D eigenvalue weighted by atomic mass is 10.2. The molecule has 2 rings (SSSR count). The van der Waals surface area contributed by atoms with Crippen LogP contribution in [-0.2, 0) is 11.3 Å². The number of anilines is 1. The highest BCUT2D eigenvalue weighted by atomic mass is 127. The number of carbonyl (C=O) groups excluding carboxylic acids is 1. The van der Waals surface area contributed by atoms with Crippen LogP contribution in [0, 0.1) is 18.2 Å². The summed E-state index contributed by atoms with van der Waals surface area (Å²) in [5, 5.41) is 8.66. The van der Waals surface area contributed by atoms with Crippen LogP contribution >= 0.6 is 24.0 Å².